The van der Waals surface area contributed by atoms with Gasteiger partial charge in [-0.3, -0.25) is 4.79 Å². The minimum atomic E-state index is -0.0419. The van der Waals surface area contributed by atoms with E-state index in [-0.39, 0.29) is 11.7 Å². The molecule has 74 valence electrons. The lowest BCUT2D eigenvalue weighted by Gasteiger charge is -2.10. The maximum Gasteiger partial charge on any atom is 0.150 e. The summed E-state index contributed by atoms with van der Waals surface area (Å²) in [5.74, 6) is 0.0724. The Kier molecular flexibility index (Phi) is 3.40. The van der Waals surface area contributed by atoms with E-state index in [9.17, 15) is 14.7 Å². The van der Waals surface area contributed by atoms with Crippen molar-refractivity contribution < 1.29 is 14.7 Å². The minimum absolute atomic E-state index is 0.0419. The van der Waals surface area contributed by atoms with Crippen LogP contribution < -0.4 is 0 Å². The number of aldehydes is 2. The molecule has 0 radical (unpaired) electrons. The molecule has 1 aromatic carbocycles. The Morgan fingerprint density at radius 1 is 1.43 bits per heavy atom. The number of benzene rings is 1. The lowest BCUT2D eigenvalue weighted by atomic mass is 9.94. The standard InChI is InChI=1S/C11H12O3/c1-8(4-5-12)11-6-10(14)3-2-9(11)7-13/h2-3,5-8,14H,4H2,1H3. The quantitative estimate of drug-likeness (QED) is 0.741. The fourth-order valence-electron chi connectivity index (χ4n) is 1.37. The molecule has 14 heavy (non-hydrogen) atoms. The fourth-order valence-corrected chi connectivity index (χ4v) is 1.37. The van der Waals surface area contributed by atoms with Crippen LogP contribution in [0.25, 0.3) is 0 Å². The zero-order valence-electron chi connectivity index (χ0n) is 7.93. The van der Waals surface area contributed by atoms with Gasteiger partial charge in [0.05, 0.1) is 0 Å². The van der Waals surface area contributed by atoms with Crippen molar-refractivity contribution in [2.75, 3.05) is 0 Å². The summed E-state index contributed by atoms with van der Waals surface area (Å²) in [7, 11) is 0. The first-order valence-corrected chi connectivity index (χ1v) is 4.40. The maximum atomic E-state index is 10.7. The Balaban J connectivity index is 3.09. The number of phenolic OH excluding ortho intramolecular Hbond substituents is 1. The Bertz CT molecular complexity index is 344. The summed E-state index contributed by atoms with van der Waals surface area (Å²) in [6.45, 7) is 1.84. The Morgan fingerprint density at radius 2 is 2.14 bits per heavy atom. The molecule has 1 atom stereocenters. The molecule has 0 bridgehead atoms. The molecule has 3 heteroatoms. The third kappa shape index (κ3) is 2.19. The van der Waals surface area contributed by atoms with E-state index in [1.54, 1.807) is 6.07 Å². The number of carbonyl (C=O) groups is 2. The normalized spacial score (nSPS) is 12.1. The molecule has 3 nitrogen and oxygen atoms in total. The predicted molar refractivity (Wildman–Crippen MR) is 52.6 cm³/mol. The molecule has 0 fully saturated rings. The molecule has 0 saturated carbocycles. The van der Waals surface area contributed by atoms with E-state index in [2.05, 4.69) is 0 Å². The highest BCUT2D eigenvalue weighted by Gasteiger charge is 2.10. The van der Waals surface area contributed by atoms with Crippen molar-refractivity contribution in [2.24, 2.45) is 0 Å². The highest BCUT2D eigenvalue weighted by Crippen LogP contribution is 2.24. The first-order valence-electron chi connectivity index (χ1n) is 4.40. The SMILES string of the molecule is CC(CC=O)c1cc(O)ccc1C=O. The Morgan fingerprint density at radius 3 is 2.71 bits per heavy atom. The summed E-state index contributed by atoms with van der Waals surface area (Å²) in [6, 6.07) is 4.54. The van der Waals surface area contributed by atoms with Crippen molar-refractivity contribution in [1.82, 2.24) is 0 Å². The first-order chi connectivity index (χ1) is 6.69. The van der Waals surface area contributed by atoms with Crippen LogP contribution in [0.2, 0.25) is 0 Å². The molecule has 0 spiro atoms. The van der Waals surface area contributed by atoms with Crippen LogP contribution in [0.15, 0.2) is 18.2 Å². The van der Waals surface area contributed by atoms with Crippen molar-refractivity contribution in [3.05, 3.63) is 29.3 Å². The molecular formula is C11H12O3. The van der Waals surface area contributed by atoms with Gasteiger partial charge >= 0.3 is 0 Å². The maximum absolute atomic E-state index is 10.7. The number of hydrogen-bond donors (Lipinski definition) is 1. The van der Waals surface area contributed by atoms with E-state index in [4.69, 9.17) is 0 Å². The van der Waals surface area contributed by atoms with Gasteiger partial charge in [0.25, 0.3) is 0 Å². The zero-order chi connectivity index (χ0) is 10.6. The third-order valence-corrected chi connectivity index (χ3v) is 2.18. The predicted octanol–water partition coefficient (Wildman–Crippen LogP) is 1.90. The van der Waals surface area contributed by atoms with Gasteiger partial charge in [0.1, 0.15) is 18.3 Å². The highest BCUT2D eigenvalue weighted by atomic mass is 16.3. The molecule has 1 rings (SSSR count). The Hall–Kier alpha value is -1.64. The average Bonchev–Trinajstić information content (AvgIpc) is 2.18. The largest absolute Gasteiger partial charge is 0.508 e. The Labute approximate surface area is 82.4 Å². The van der Waals surface area contributed by atoms with Crippen LogP contribution >= 0.6 is 0 Å². The smallest absolute Gasteiger partial charge is 0.150 e. The molecular weight excluding hydrogens is 180 g/mol. The summed E-state index contributed by atoms with van der Waals surface area (Å²) < 4.78 is 0. The molecule has 0 amide bonds. The lowest BCUT2D eigenvalue weighted by molar-refractivity contribution is -0.108. The van der Waals surface area contributed by atoms with Gasteiger partial charge in [0.2, 0.25) is 0 Å². The van der Waals surface area contributed by atoms with Crippen LogP contribution in [0.3, 0.4) is 0 Å². The van der Waals surface area contributed by atoms with Gasteiger partial charge in [-0.05, 0) is 29.7 Å². The van der Waals surface area contributed by atoms with Gasteiger partial charge in [-0.1, -0.05) is 6.92 Å². The van der Waals surface area contributed by atoms with Gasteiger partial charge < -0.3 is 9.90 Å². The van der Waals surface area contributed by atoms with Crippen LogP contribution in [0, 0.1) is 0 Å². The van der Waals surface area contributed by atoms with E-state index in [0.29, 0.717) is 17.5 Å². The second-order valence-corrected chi connectivity index (χ2v) is 3.23. The van der Waals surface area contributed by atoms with E-state index >= 15 is 0 Å². The van der Waals surface area contributed by atoms with Crippen molar-refractivity contribution in [2.45, 2.75) is 19.3 Å². The number of carbonyl (C=O) groups excluding carboxylic acids is 2. The highest BCUT2D eigenvalue weighted by molar-refractivity contribution is 5.78. The summed E-state index contributed by atoms with van der Waals surface area (Å²) in [5, 5.41) is 9.25. The topological polar surface area (TPSA) is 54.4 Å². The summed E-state index contributed by atoms with van der Waals surface area (Å²) in [5.41, 5.74) is 1.24. The van der Waals surface area contributed by atoms with Gasteiger partial charge in [-0.15, -0.1) is 0 Å². The molecule has 0 aliphatic rings. The van der Waals surface area contributed by atoms with E-state index < -0.39 is 0 Å². The summed E-state index contributed by atoms with van der Waals surface area (Å²) in [6.07, 6.45) is 1.89. The molecule has 1 unspecified atom stereocenters. The average molecular weight is 192 g/mol. The van der Waals surface area contributed by atoms with Crippen LogP contribution in [0.5, 0.6) is 5.75 Å². The van der Waals surface area contributed by atoms with Crippen LogP contribution in [-0.4, -0.2) is 17.7 Å². The number of hydrogen-bond acceptors (Lipinski definition) is 3. The van der Waals surface area contributed by atoms with E-state index in [0.717, 1.165) is 12.6 Å². The fraction of sp³-hybridized carbons (Fsp3) is 0.273. The number of phenols is 1. The number of aromatic hydroxyl groups is 1. The van der Waals surface area contributed by atoms with Crippen molar-refractivity contribution in [3.8, 4) is 5.75 Å². The summed E-state index contributed by atoms with van der Waals surface area (Å²) >= 11 is 0. The molecule has 1 aromatic rings. The second-order valence-electron chi connectivity index (χ2n) is 3.23. The molecule has 0 saturated heterocycles. The van der Waals surface area contributed by atoms with Crippen molar-refractivity contribution in [3.63, 3.8) is 0 Å². The van der Waals surface area contributed by atoms with E-state index in [1.807, 2.05) is 6.92 Å². The van der Waals surface area contributed by atoms with Gasteiger partial charge in [0, 0.05) is 12.0 Å². The molecule has 0 aromatic heterocycles. The van der Waals surface area contributed by atoms with Crippen molar-refractivity contribution >= 4 is 12.6 Å². The van der Waals surface area contributed by atoms with Crippen molar-refractivity contribution in [1.29, 1.82) is 0 Å². The molecule has 0 aliphatic heterocycles. The molecule has 0 aliphatic carbocycles. The summed E-state index contributed by atoms with van der Waals surface area (Å²) in [4.78, 5) is 21.0. The number of rotatable bonds is 4. The monoisotopic (exact) mass is 192 g/mol. The van der Waals surface area contributed by atoms with Gasteiger partial charge in [-0.25, -0.2) is 0 Å². The lowest BCUT2D eigenvalue weighted by Crippen LogP contribution is -1.99. The van der Waals surface area contributed by atoms with Crippen LogP contribution in [0.1, 0.15) is 35.2 Å². The van der Waals surface area contributed by atoms with Crippen LogP contribution in [-0.2, 0) is 4.79 Å². The van der Waals surface area contributed by atoms with Crippen LogP contribution in [0.4, 0.5) is 0 Å². The molecule has 0 heterocycles. The minimum Gasteiger partial charge on any atom is -0.508 e. The van der Waals surface area contributed by atoms with Gasteiger partial charge in [0.15, 0.2) is 0 Å². The third-order valence-electron chi connectivity index (χ3n) is 2.18. The molecule has 1 N–H and O–H groups in total. The van der Waals surface area contributed by atoms with E-state index in [1.165, 1.54) is 12.1 Å². The first kappa shape index (κ1) is 10.4. The second kappa shape index (κ2) is 4.56. The zero-order valence-corrected chi connectivity index (χ0v) is 7.93. The van der Waals surface area contributed by atoms with Gasteiger partial charge in [-0.2, -0.15) is 0 Å².